The SMILES string of the molecule is Cc1nc(NC(=O)c2ccc(CS(C)(=O)=O)cc2)sc1-c1ccccc1. The molecule has 1 heterocycles. The molecule has 0 radical (unpaired) electrons. The lowest BCUT2D eigenvalue weighted by molar-refractivity contribution is 0.102. The summed E-state index contributed by atoms with van der Waals surface area (Å²) in [6.45, 7) is 1.91. The number of aryl methyl sites for hydroxylation is 1. The number of carbonyl (C=O) groups is 1. The van der Waals surface area contributed by atoms with Crippen molar-refractivity contribution in [1.82, 2.24) is 4.98 Å². The molecular weight excluding hydrogens is 368 g/mol. The number of nitrogens with zero attached hydrogens (tertiary/aromatic N) is 1. The highest BCUT2D eigenvalue weighted by molar-refractivity contribution is 7.89. The monoisotopic (exact) mass is 386 g/mol. The molecule has 7 heteroatoms. The van der Waals surface area contributed by atoms with E-state index in [1.54, 1.807) is 24.3 Å². The Labute approximate surface area is 156 Å². The summed E-state index contributed by atoms with van der Waals surface area (Å²) in [5, 5.41) is 3.34. The zero-order valence-corrected chi connectivity index (χ0v) is 16.0. The second-order valence-corrected chi connectivity index (χ2v) is 9.16. The molecule has 0 saturated carbocycles. The Hall–Kier alpha value is -2.51. The van der Waals surface area contributed by atoms with Gasteiger partial charge in [-0.05, 0) is 30.2 Å². The highest BCUT2D eigenvalue weighted by Crippen LogP contribution is 2.32. The third kappa shape index (κ3) is 4.56. The van der Waals surface area contributed by atoms with Gasteiger partial charge in [0.1, 0.15) is 0 Å². The molecule has 5 nitrogen and oxygen atoms in total. The van der Waals surface area contributed by atoms with Crippen LogP contribution < -0.4 is 5.32 Å². The highest BCUT2D eigenvalue weighted by atomic mass is 32.2. The van der Waals surface area contributed by atoms with E-state index in [2.05, 4.69) is 10.3 Å². The number of rotatable bonds is 5. The third-order valence-corrected chi connectivity index (χ3v) is 5.68. The number of sulfone groups is 1. The Balaban J connectivity index is 1.74. The van der Waals surface area contributed by atoms with Gasteiger partial charge in [-0.25, -0.2) is 13.4 Å². The van der Waals surface area contributed by atoms with E-state index in [0.717, 1.165) is 16.1 Å². The van der Waals surface area contributed by atoms with Gasteiger partial charge in [0.15, 0.2) is 15.0 Å². The van der Waals surface area contributed by atoms with E-state index >= 15 is 0 Å². The topological polar surface area (TPSA) is 76.1 Å². The van der Waals surface area contributed by atoms with Crippen LogP contribution in [0.3, 0.4) is 0 Å². The maximum absolute atomic E-state index is 12.4. The molecule has 0 spiro atoms. The molecule has 0 fully saturated rings. The average Bonchev–Trinajstić information content (AvgIpc) is 2.95. The fourth-order valence-corrected chi connectivity index (χ4v) is 4.30. The molecule has 0 atom stereocenters. The first-order valence-electron chi connectivity index (χ1n) is 7.93. The molecule has 134 valence electrons. The number of nitrogens with one attached hydrogen (secondary N) is 1. The van der Waals surface area contributed by atoms with Crippen molar-refractivity contribution in [1.29, 1.82) is 0 Å². The van der Waals surface area contributed by atoms with Crippen LogP contribution in [0.5, 0.6) is 0 Å². The quantitative estimate of drug-likeness (QED) is 0.721. The summed E-state index contributed by atoms with van der Waals surface area (Å²) in [5.74, 6) is -0.314. The minimum atomic E-state index is -3.10. The van der Waals surface area contributed by atoms with E-state index in [4.69, 9.17) is 0 Å². The summed E-state index contributed by atoms with van der Waals surface area (Å²) in [6.07, 6.45) is 1.18. The standard InChI is InChI=1S/C19H18N2O3S2/c1-13-17(15-6-4-3-5-7-15)25-19(20-13)21-18(22)16-10-8-14(9-11-16)12-26(2,23)24/h3-11H,12H2,1-2H3,(H,20,21,22). The molecule has 2 aromatic carbocycles. The van der Waals surface area contributed by atoms with Gasteiger partial charge in [-0.3, -0.25) is 10.1 Å². The average molecular weight is 386 g/mol. The van der Waals surface area contributed by atoms with E-state index in [1.807, 2.05) is 37.3 Å². The molecule has 1 amide bonds. The van der Waals surface area contributed by atoms with Gasteiger partial charge < -0.3 is 0 Å². The summed E-state index contributed by atoms with van der Waals surface area (Å²) in [7, 11) is -3.10. The Kier molecular flexibility index (Phi) is 5.20. The summed E-state index contributed by atoms with van der Waals surface area (Å²) in [4.78, 5) is 17.8. The van der Waals surface area contributed by atoms with E-state index in [0.29, 0.717) is 16.3 Å². The zero-order valence-electron chi connectivity index (χ0n) is 14.4. The molecule has 1 N–H and O–H groups in total. The van der Waals surface area contributed by atoms with Crippen molar-refractivity contribution in [2.24, 2.45) is 0 Å². The predicted octanol–water partition coefficient (Wildman–Crippen LogP) is 3.92. The molecule has 3 aromatic rings. The van der Waals surface area contributed by atoms with Crippen LogP contribution in [0.25, 0.3) is 10.4 Å². The Bertz CT molecular complexity index is 1020. The lowest BCUT2D eigenvalue weighted by Gasteiger charge is -2.03. The second-order valence-electron chi connectivity index (χ2n) is 6.02. The van der Waals surface area contributed by atoms with E-state index in [1.165, 1.54) is 17.6 Å². The van der Waals surface area contributed by atoms with Gasteiger partial charge in [-0.1, -0.05) is 53.8 Å². The predicted molar refractivity (Wildman–Crippen MR) is 105 cm³/mol. The number of hydrogen-bond acceptors (Lipinski definition) is 5. The maximum Gasteiger partial charge on any atom is 0.257 e. The van der Waals surface area contributed by atoms with Gasteiger partial charge in [0.05, 0.1) is 16.3 Å². The Morgan fingerprint density at radius 3 is 2.35 bits per heavy atom. The van der Waals surface area contributed by atoms with E-state index in [-0.39, 0.29) is 11.7 Å². The van der Waals surface area contributed by atoms with Gasteiger partial charge in [0.2, 0.25) is 0 Å². The van der Waals surface area contributed by atoms with Crippen LogP contribution in [0.2, 0.25) is 0 Å². The van der Waals surface area contributed by atoms with Crippen molar-refractivity contribution in [3.05, 3.63) is 71.4 Å². The van der Waals surface area contributed by atoms with Crippen molar-refractivity contribution in [2.45, 2.75) is 12.7 Å². The van der Waals surface area contributed by atoms with Gasteiger partial charge in [-0.15, -0.1) is 0 Å². The van der Waals surface area contributed by atoms with Gasteiger partial charge in [0.25, 0.3) is 5.91 Å². The Morgan fingerprint density at radius 1 is 1.08 bits per heavy atom. The van der Waals surface area contributed by atoms with Gasteiger partial charge in [0, 0.05) is 11.8 Å². The number of benzene rings is 2. The van der Waals surface area contributed by atoms with Crippen LogP contribution in [0.1, 0.15) is 21.6 Å². The fraction of sp³-hybridized carbons (Fsp3) is 0.158. The fourth-order valence-electron chi connectivity index (χ4n) is 2.53. The van der Waals surface area contributed by atoms with Gasteiger partial charge in [-0.2, -0.15) is 0 Å². The molecule has 0 unspecified atom stereocenters. The number of anilines is 1. The highest BCUT2D eigenvalue weighted by Gasteiger charge is 2.13. The summed E-state index contributed by atoms with van der Waals surface area (Å²) >= 11 is 1.42. The number of carbonyl (C=O) groups excluding carboxylic acids is 1. The second kappa shape index (κ2) is 7.39. The first kappa shape index (κ1) is 18.3. The normalized spacial score (nSPS) is 11.3. The van der Waals surface area contributed by atoms with Crippen molar-refractivity contribution in [2.75, 3.05) is 11.6 Å². The van der Waals surface area contributed by atoms with Crippen LogP contribution in [-0.2, 0) is 15.6 Å². The summed E-state index contributed by atoms with van der Waals surface area (Å²) in [6, 6.07) is 16.4. The van der Waals surface area contributed by atoms with Gasteiger partial charge >= 0.3 is 0 Å². The smallest absolute Gasteiger partial charge is 0.257 e. The number of aromatic nitrogens is 1. The van der Waals surface area contributed by atoms with Crippen LogP contribution in [0.15, 0.2) is 54.6 Å². The lowest BCUT2D eigenvalue weighted by Crippen LogP contribution is -2.11. The Morgan fingerprint density at radius 2 is 1.73 bits per heavy atom. The van der Waals surface area contributed by atoms with Crippen molar-refractivity contribution < 1.29 is 13.2 Å². The third-order valence-electron chi connectivity index (χ3n) is 3.70. The van der Waals surface area contributed by atoms with Crippen LogP contribution in [0.4, 0.5) is 5.13 Å². The number of amides is 1. The minimum absolute atomic E-state index is 0.0407. The number of hydrogen-bond donors (Lipinski definition) is 1. The molecule has 0 aliphatic rings. The molecule has 0 saturated heterocycles. The number of thiazole rings is 1. The molecule has 0 aliphatic heterocycles. The molecular formula is C19H18N2O3S2. The molecule has 0 bridgehead atoms. The van der Waals surface area contributed by atoms with E-state index in [9.17, 15) is 13.2 Å². The van der Waals surface area contributed by atoms with Crippen LogP contribution >= 0.6 is 11.3 Å². The van der Waals surface area contributed by atoms with E-state index < -0.39 is 9.84 Å². The zero-order chi connectivity index (χ0) is 18.7. The molecule has 26 heavy (non-hydrogen) atoms. The van der Waals surface area contributed by atoms with Crippen molar-refractivity contribution >= 4 is 32.2 Å². The lowest BCUT2D eigenvalue weighted by atomic mass is 10.1. The van der Waals surface area contributed by atoms with Crippen LogP contribution in [-0.4, -0.2) is 25.6 Å². The first-order valence-corrected chi connectivity index (χ1v) is 10.8. The molecule has 1 aromatic heterocycles. The largest absolute Gasteiger partial charge is 0.298 e. The molecule has 3 rings (SSSR count). The maximum atomic E-state index is 12.4. The first-order chi connectivity index (χ1) is 12.3. The van der Waals surface area contributed by atoms with Crippen molar-refractivity contribution in [3.8, 4) is 10.4 Å². The minimum Gasteiger partial charge on any atom is -0.298 e. The van der Waals surface area contributed by atoms with Crippen molar-refractivity contribution in [3.63, 3.8) is 0 Å². The summed E-state index contributed by atoms with van der Waals surface area (Å²) < 4.78 is 22.7. The van der Waals surface area contributed by atoms with Crippen LogP contribution in [0, 0.1) is 6.92 Å². The molecule has 0 aliphatic carbocycles. The summed E-state index contributed by atoms with van der Waals surface area (Å²) in [5.41, 5.74) is 3.03.